The Kier molecular flexibility index (Phi) is 5.51. The highest BCUT2D eigenvalue weighted by molar-refractivity contribution is 5.77. The van der Waals surface area contributed by atoms with Crippen molar-refractivity contribution in [1.29, 1.82) is 0 Å². The van der Waals surface area contributed by atoms with E-state index in [1.165, 1.54) is 0 Å². The number of rotatable bonds is 4. The molecular formula is C14H24N6O2. The number of nitrogen functional groups attached to an aromatic ring is 1. The van der Waals surface area contributed by atoms with Crippen molar-refractivity contribution in [3.05, 3.63) is 11.8 Å². The van der Waals surface area contributed by atoms with Gasteiger partial charge in [-0.2, -0.15) is 4.98 Å². The molecule has 2 heterocycles. The zero-order valence-corrected chi connectivity index (χ0v) is 13.1. The molecule has 1 atom stereocenters. The maximum Gasteiger partial charge on any atom is 0.234 e. The molecule has 0 aromatic carbocycles. The summed E-state index contributed by atoms with van der Waals surface area (Å²) in [5.41, 5.74) is 6.48. The molecule has 1 aliphatic rings. The van der Waals surface area contributed by atoms with Crippen LogP contribution >= 0.6 is 0 Å². The largest absolute Gasteiger partial charge is 0.390 e. The minimum Gasteiger partial charge on any atom is -0.390 e. The van der Waals surface area contributed by atoms with E-state index in [9.17, 15) is 9.90 Å². The van der Waals surface area contributed by atoms with Crippen LogP contribution in [0.5, 0.6) is 0 Å². The zero-order chi connectivity index (χ0) is 16.1. The lowest BCUT2D eigenvalue weighted by Gasteiger charge is -2.23. The highest BCUT2D eigenvalue weighted by Crippen LogP contribution is 2.16. The number of aliphatic hydroxyl groups is 1. The molecule has 1 saturated heterocycles. The Bertz CT molecular complexity index is 504. The first kappa shape index (κ1) is 16.4. The fraction of sp³-hybridized carbons (Fsp3) is 0.643. The van der Waals surface area contributed by atoms with Crippen molar-refractivity contribution in [3.8, 4) is 0 Å². The van der Waals surface area contributed by atoms with Gasteiger partial charge in [0, 0.05) is 44.5 Å². The van der Waals surface area contributed by atoms with Crippen molar-refractivity contribution in [2.24, 2.45) is 0 Å². The van der Waals surface area contributed by atoms with Gasteiger partial charge in [-0.25, -0.2) is 4.98 Å². The SMILES string of the molecule is CCNC(=O)CN1CCN(c2cc(C)nc(N)n2)C[C@@H](O)C1. The number of amides is 1. The van der Waals surface area contributed by atoms with Gasteiger partial charge in [-0.3, -0.25) is 9.69 Å². The van der Waals surface area contributed by atoms with Gasteiger partial charge in [0.25, 0.3) is 0 Å². The molecule has 122 valence electrons. The van der Waals surface area contributed by atoms with E-state index in [1.54, 1.807) is 0 Å². The Balaban J connectivity index is 2.03. The number of carbonyl (C=O) groups excluding carboxylic acids is 1. The van der Waals surface area contributed by atoms with Gasteiger partial charge < -0.3 is 21.1 Å². The van der Waals surface area contributed by atoms with Gasteiger partial charge in [-0.05, 0) is 13.8 Å². The molecule has 0 spiro atoms. The topological polar surface area (TPSA) is 108 Å². The summed E-state index contributed by atoms with van der Waals surface area (Å²) in [6, 6.07) is 1.85. The van der Waals surface area contributed by atoms with Crippen molar-refractivity contribution in [1.82, 2.24) is 20.2 Å². The zero-order valence-electron chi connectivity index (χ0n) is 13.1. The van der Waals surface area contributed by atoms with E-state index >= 15 is 0 Å². The number of nitrogens with two attached hydrogens (primary N) is 1. The van der Waals surface area contributed by atoms with Crippen LogP contribution in [0.1, 0.15) is 12.6 Å². The summed E-state index contributed by atoms with van der Waals surface area (Å²) in [6.45, 7) is 6.93. The standard InChI is InChI=1S/C14H24N6O2/c1-3-16-13(22)9-19-4-5-20(8-11(21)7-19)12-6-10(2)17-14(15)18-12/h6,11,21H,3-5,7-9H2,1-2H3,(H,16,22)(H2,15,17,18)/t11-/m0/s1. The van der Waals surface area contributed by atoms with Crippen molar-refractivity contribution in [2.45, 2.75) is 20.0 Å². The number of β-amino-alcohol motifs (C(OH)–C–C–N with tert-alkyl or cyclic N) is 1. The summed E-state index contributed by atoms with van der Waals surface area (Å²) in [4.78, 5) is 23.9. The fourth-order valence-electron chi connectivity index (χ4n) is 2.60. The smallest absolute Gasteiger partial charge is 0.234 e. The minimum atomic E-state index is -0.548. The van der Waals surface area contributed by atoms with Gasteiger partial charge in [-0.15, -0.1) is 0 Å². The Morgan fingerprint density at radius 3 is 2.91 bits per heavy atom. The van der Waals surface area contributed by atoms with E-state index in [0.717, 1.165) is 5.69 Å². The van der Waals surface area contributed by atoms with E-state index in [2.05, 4.69) is 15.3 Å². The molecule has 0 saturated carbocycles. The minimum absolute atomic E-state index is 0.0229. The maximum absolute atomic E-state index is 11.7. The van der Waals surface area contributed by atoms with Crippen LogP contribution in [-0.4, -0.2) is 71.3 Å². The summed E-state index contributed by atoms with van der Waals surface area (Å²) >= 11 is 0. The third-order valence-electron chi connectivity index (χ3n) is 3.51. The monoisotopic (exact) mass is 308 g/mol. The molecule has 0 aliphatic carbocycles. The van der Waals surface area contributed by atoms with Gasteiger partial charge in [0.15, 0.2) is 0 Å². The van der Waals surface area contributed by atoms with E-state index in [1.807, 2.05) is 29.7 Å². The lowest BCUT2D eigenvalue weighted by atomic mass is 10.3. The Hall–Kier alpha value is -1.93. The fourth-order valence-corrected chi connectivity index (χ4v) is 2.60. The second kappa shape index (κ2) is 7.37. The molecule has 8 heteroatoms. The number of aryl methyl sites for hydroxylation is 1. The van der Waals surface area contributed by atoms with Crippen LogP contribution in [0.2, 0.25) is 0 Å². The molecule has 0 unspecified atom stereocenters. The first-order valence-corrected chi connectivity index (χ1v) is 7.51. The summed E-state index contributed by atoms with van der Waals surface area (Å²) < 4.78 is 0. The highest BCUT2D eigenvalue weighted by Gasteiger charge is 2.23. The third kappa shape index (κ3) is 4.54. The molecule has 8 nitrogen and oxygen atoms in total. The molecule has 1 fully saturated rings. The van der Waals surface area contributed by atoms with Crippen LogP contribution in [0.15, 0.2) is 6.07 Å². The van der Waals surface area contributed by atoms with Crippen LogP contribution in [0.25, 0.3) is 0 Å². The second-order valence-electron chi connectivity index (χ2n) is 5.51. The maximum atomic E-state index is 11.7. The van der Waals surface area contributed by atoms with E-state index in [0.29, 0.717) is 45.1 Å². The predicted molar refractivity (Wildman–Crippen MR) is 84.5 cm³/mol. The Morgan fingerprint density at radius 1 is 1.45 bits per heavy atom. The molecule has 1 amide bonds. The van der Waals surface area contributed by atoms with E-state index < -0.39 is 6.10 Å². The summed E-state index contributed by atoms with van der Waals surface area (Å²) in [7, 11) is 0. The van der Waals surface area contributed by atoms with Crippen LogP contribution < -0.4 is 16.0 Å². The first-order valence-electron chi connectivity index (χ1n) is 7.51. The van der Waals surface area contributed by atoms with Crippen LogP contribution in [-0.2, 0) is 4.79 Å². The number of nitrogens with zero attached hydrogens (tertiary/aromatic N) is 4. The number of hydrogen-bond acceptors (Lipinski definition) is 7. The van der Waals surface area contributed by atoms with Gasteiger partial charge in [0.05, 0.1) is 12.6 Å². The first-order chi connectivity index (χ1) is 10.5. The highest BCUT2D eigenvalue weighted by atomic mass is 16.3. The Morgan fingerprint density at radius 2 is 2.23 bits per heavy atom. The average Bonchev–Trinajstić information content (AvgIpc) is 2.59. The number of anilines is 2. The van der Waals surface area contributed by atoms with Crippen molar-refractivity contribution in [2.75, 3.05) is 49.9 Å². The molecule has 0 bridgehead atoms. The number of nitrogens with one attached hydrogen (secondary N) is 1. The molecule has 1 aromatic heterocycles. The van der Waals surface area contributed by atoms with Crippen molar-refractivity contribution >= 4 is 17.7 Å². The van der Waals surface area contributed by atoms with Gasteiger partial charge in [0.1, 0.15) is 5.82 Å². The van der Waals surface area contributed by atoms with Crippen molar-refractivity contribution < 1.29 is 9.90 Å². The lowest BCUT2D eigenvalue weighted by Crippen LogP contribution is -2.41. The van der Waals surface area contributed by atoms with Gasteiger partial charge in [-0.1, -0.05) is 0 Å². The van der Waals surface area contributed by atoms with Crippen LogP contribution in [0.4, 0.5) is 11.8 Å². The molecule has 1 aliphatic heterocycles. The quantitative estimate of drug-likeness (QED) is 0.654. The van der Waals surface area contributed by atoms with Gasteiger partial charge >= 0.3 is 0 Å². The summed E-state index contributed by atoms with van der Waals surface area (Å²) in [5.74, 6) is 0.919. The number of likely N-dealkylation sites (N-methyl/N-ethyl adjacent to an activating group) is 1. The number of aromatic nitrogens is 2. The molecule has 4 N–H and O–H groups in total. The number of aliphatic hydroxyl groups excluding tert-OH is 1. The van der Waals surface area contributed by atoms with Crippen molar-refractivity contribution in [3.63, 3.8) is 0 Å². The molecular weight excluding hydrogens is 284 g/mol. The summed E-state index contributed by atoms with van der Waals surface area (Å²) in [6.07, 6.45) is -0.548. The number of hydrogen-bond donors (Lipinski definition) is 3. The van der Waals surface area contributed by atoms with Crippen LogP contribution in [0.3, 0.4) is 0 Å². The lowest BCUT2D eigenvalue weighted by molar-refractivity contribution is -0.122. The molecule has 2 rings (SSSR count). The van der Waals surface area contributed by atoms with E-state index in [4.69, 9.17) is 5.73 Å². The summed E-state index contributed by atoms with van der Waals surface area (Å²) in [5, 5.41) is 13.0. The predicted octanol–water partition coefficient (Wildman–Crippen LogP) is -1.01. The Labute approximate surface area is 130 Å². The third-order valence-corrected chi connectivity index (χ3v) is 3.51. The molecule has 0 radical (unpaired) electrons. The molecule has 22 heavy (non-hydrogen) atoms. The normalized spacial score (nSPS) is 19.8. The van der Waals surface area contributed by atoms with Gasteiger partial charge in [0.2, 0.25) is 11.9 Å². The second-order valence-corrected chi connectivity index (χ2v) is 5.51. The average molecular weight is 308 g/mol. The number of carbonyl (C=O) groups is 1. The van der Waals surface area contributed by atoms with E-state index in [-0.39, 0.29) is 11.9 Å². The van der Waals surface area contributed by atoms with Crippen LogP contribution in [0, 0.1) is 6.92 Å². The molecule has 1 aromatic rings.